The van der Waals surface area contributed by atoms with Crippen LogP contribution in [-0.2, 0) is 0 Å². The van der Waals surface area contributed by atoms with Crippen LogP contribution in [0.1, 0.15) is 26.3 Å². The van der Waals surface area contributed by atoms with Gasteiger partial charge in [-0.1, -0.05) is 6.07 Å². The summed E-state index contributed by atoms with van der Waals surface area (Å²) in [6, 6.07) is 9.52. The molecule has 0 aliphatic carbocycles. The van der Waals surface area contributed by atoms with Gasteiger partial charge in [0.25, 0.3) is 11.8 Å². The van der Waals surface area contributed by atoms with Crippen LogP contribution in [-0.4, -0.2) is 62.0 Å². The van der Waals surface area contributed by atoms with Crippen LogP contribution in [0.5, 0.6) is 11.5 Å². The number of ether oxygens (including phenoxy) is 2. The molecule has 1 saturated heterocycles. The van der Waals surface area contributed by atoms with Gasteiger partial charge in [0.05, 0.1) is 14.2 Å². The first-order valence-electron chi connectivity index (χ1n) is 9.01. The van der Waals surface area contributed by atoms with Crippen molar-refractivity contribution in [3.05, 3.63) is 58.9 Å². The summed E-state index contributed by atoms with van der Waals surface area (Å²) >= 11 is 0. The van der Waals surface area contributed by atoms with Crippen molar-refractivity contribution >= 4 is 11.8 Å². The second kappa shape index (κ2) is 8.29. The molecule has 0 bridgehead atoms. The van der Waals surface area contributed by atoms with E-state index in [1.54, 1.807) is 47.1 Å². The van der Waals surface area contributed by atoms with Crippen molar-refractivity contribution in [2.75, 3.05) is 40.4 Å². The van der Waals surface area contributed by atoms with Gasteiger partial charge >= 0.3 is 0 Å². The largest absolute Gasteiger partial charge is 0.493 e. The summed E-state index contributed by atoms with van der Waals surface area (Å²) in [4.78, 5) is 28.7. The zero-order valence-electron chi connectivity index (χ0n) is 16.2. The third kappa shape index (κ3) is 3.93. The molecular weight excluding hydrogens is 363 g/mol. The fraction of sp³-hybridized carbons (Fsp3) is 0.333. The van der Waals surface area contributed by atoms with Crippen molar-refractivity contribution in [2.24, 2.45) is 0 Å². The van der Waals surface area contributed by atoms with Gasteiger partial charge in [0.2, 0.25) is 0 Å². The second-order valence-corrected chi connectivity index (χ2v) is 6.62. The third-order valence-electron chi connectivity index (χ3n) is 4.90. The van der Waals surface area contributed by atoms with E-state index < -0.39 is 5.82 Å². The fourth-order valence-electron chi connectivity index (χ4n) is 3.17. The van der Waals surface area contributed by atoms with Gasteiger partial charge in [0, 0.05) is 37.3 Å². The number of hydrogen-bond acceptors (Lipinski definition) is 4. The zero-order valence-corrected chi connectivity index (χ0v) is 16.2. The Balaban J connectivity index is 1.65. The van der Waals surface area contributed by atoms with Gasteiger partial charge in [-0.15, -0.1) is 0 Å². The molecule has 0 spiro atoms. The van der Waals surface area contributed by atoms with Gasteiger partial charge in [-0.2, -0.15) is 0 Å². The predicted molar refractivity (Wildman–Crippen MR) is 102 cm³/mol. The summed E-state index contributed by atoms with van der Waals surface area (Å²) < 4.78 is 24.2. The number of hydrogen-bond donors (Lipinski definition) is 0. The first kappa shape index (κ1) is 19.7. The predicted octanol–water partition coefficient (Wildman–Crippen LogP) is 2.75. The van der Waals surface area contributed by atoms with Gasteiger partial charge in [-0.25, -0.2) is 4.39 Å². The Morgan fingerprint density at radius 1 is 0.821 bits per heavy atom. The van der Waals surface area contributed by atoms with E-state index in [2.05, 4.69) is 0 Å². The third-order valence-corrected chi connectivity index (χ3v) is 4.90. The SMILES string of the molecule is COc1ccc(C(=O)N2CCN(C(=O)c3ccc(C)c(F)c3)CC2)cc1OC. The normalized spacial score (nSPS) is 14.0. The lowest BCUT2D eigenvalue weighted by Gasteiger charge is -2.35. The number of methoxy groups -OCH3 is 2. The molecule has 7 heteroatoms. The molecule has 2 aromatic carbocycles. The van der Waals surface area contributed by atoms with Crippen LogP contribution in [0.2, 0.25) is 0 Å². The molecule has 2 amide bonds. The van der Waals surface area contributed by atoms with Gasteiger partial charge in [0.1, 0.15) is 5.82 Å². The molecule has 148 valence electrons. The van der Waals surface area contributed by atoms with Crippen molar-refractivity contribution < 1.29 is 23.5 Å². The van der Waals surface area contributed by atoms with Gasteiger partial charge < -0.3 is 19.3 Å². The Hall–Kier alpha value is -3.09. The summed E-state index contributed by atoms with van der Waals surface area (Å²) in [5.41, 5.74) is 1.32. The standard InChI is InChI=1S/C21H23FN2O4/c1-14-4-5-15(12-17(14)22)20(25)23-8-10-24(11-9-23)21(26)16-6-7-18(27-2)19(13-16)28-3/h4-7,12-13H,8-11H2,1-3H3. The number of carbonyl (C=O) groups excluding carboxylic acids is 2. The van der Waals surface area contributed by atoms with E-state index in [0.717, 1.165) is 0 Å². The number of nitrogens with zero attached hydrogens (tertiary/aromatic N) is 2. The van der Waals surface area contributed by atoms with Gasteiger partial charge in [-0.3, -0.25) is 9.59 Å². The van der Waals surface area contributed by atoms with Crippen molar-refractivity contribution in [1.82, 2.24) is 9.80 Å². The molecule has 0 saturated carbocycles. The maximum absolute atomic E-state index is 13.7. The summed E-state index contributed by atoms with van der Waals surface area (Å²) in [7, 11) is 3.06. The number of piperazine rings is 1. The molecule has 1 heterocycles. The highest BCUT2D eigenvalue weighted by atomic mass is 19.1. The minimum atomic E-state index is -0.395. The van der Waals surface area contributed by atoms with Crippen LogP contribution < -0.4 is 9.47 Å². The van der Waals surface area contributed by atoms with E-state index in [0.29, 0.717) is 54.4 Å². The van der Waals surface area contributed by atoms with Crippen molar-refractivity contribution in [1.29, 1.82) is 0 Å². The van der Waals surface area contributed by atoms with Crippen molar-refractivity contribution in [3.63, 3.8) is 0 Å². The van der Waals surface area contributed by atoms with E-state index in [4.69, 9.17) is 9.47 Å². The first-order chi connectivity index (χ1) is 13.4. The second-order valence-electron chi connectivity index (χ2n) is 6.62. The molecule has 2 aromatic rings. The molecule has 28 heavy (non-hydrogen) atoms. The van der Waals surface area contributed by atoms with E-state index in [1.807, 2.05) is 0 Å². The Morgan fingerprint density at radius 3 is 1.82 bits per heavy atom. The smallest absolute Gasteiger partial charge is 0.254 e. The Morgan fingerprint density at radius 2 is 1.32 bits per heavy atom. The Bertz CT molecular complexity index is 892. The quantitative estimate of drug-likeness (QED) is 0.811. The molecule has 3 rings (SSSR count). The molecular formula is C21H23FN2O4. The van der Waals surface area contributed by atoms with Crippen LogP contribution >= 0.6 is 0 Å². The fourth-order valence-corrected chi connectivity index (χ4v) is 3.17. The minimum Gasteiger partial charge on any atom is -0.493 e. The highest BCUT2D eigenvalue weighted by Crippen LogP contribution is 2.28. The first-order valence-corrected chi connectivity index (χ1v) is 9.01. The molecule has 6 nitrogen and oxygen atoms in total. The van der Waals surface area contributed by atoms with E-state index in [-0.39, 0.29) is 11.8 Å². The van der Waals surface area contributed by atoms with Crippen LogP contribution in [0.4, 0.5) is 4.39 Å². The number of amides is 2. The van der Waals surface area contributed by atoms with E-state index in [1.165, 1.54) is 20.3 Å². The lowest BCUT2D eigenvalue weighted by atomic mass is 10.1. The lowest BCUT2D eigenvalue weighted by Crippen LogP contribution is -2.50. The van der Waals surface area contributed by atoms with E-state index >= 15 is 0 Å². The molecule has 0 atom stereocenters. The molecule has 1 aliphatic rings. The van der Waals surface area contributed by atoms with Crippen LogP contribution in [0.15, 0.2) is 36.4 Å². The van der Waals surface area contributed by atoms with Gasteiger partial charge in [-0.05, 0) is 42.8 Å². The molecule has 1 fully saturated rings. The number of halogens is 1. The molecule has 0 unspecified atom stereocenters. The lowest BCUT2D eigenvalue weighted by molar-refractivity contribution is 0.0535. The Kier molecular flexibility index (Phi) is 5.82. The average Bonchev–Trinajstić information content (AvgIpc) is 2.74. The maximum Gasteiger partial charge on any atom is 0.254 e. The number of carbonyl (C=O) groups is 2. The summed E-state index contributed by atoms with van der Waals surface area (Å²) in [6.45, 7) is 3.27. The zero-order chi connectivity index (χ0) is 20.3. The van der Waals surface area contributed by atoms with Gasteiger partial charge in [0.15, 0.2) is 11.5 Å². The number of benzene rings is 2. The minimum absolute atomic E-state index is 0.130. The summed E-state index contributed by atoms with van der Waals surface area (Å²) in [5, 5.41) is 0. The molecule has 0 radical (unpaired) electrons. The van der Waals surface area contributed by atoms with Crippen LogP contribution in [0.3, 0.4) is 0 Å². The van der Waals surface area contributed by atoms with Crippen molar-refractivity contribution in [2.45, 2.75) is 6.92 Å². The molecule has 1 aliphatic heterocycles. The topological polar surface area (TPSA) is 59.1 Å². The Labute approximate surface area is 163 Å². The monoisotopic (exact) mass is 386 g/mol. The summed E-state index contributed by atoms with van der Waals surface area (Å²) in [6.07, 6.45) is 0. The maximum atomic E-state index is 13.7. The molecule has 0 N–H and O–H groups in total. The van der Waals surface area contributed by atoms with E-state index in [9.17, 15) is 14.0 Å². The van der Waals surface area contributed by atoms with Crippen LogP contribution in [0, 0.1) is 12.7 Å². The average molecular weight is 386 g/mol. The molecule has 0 aromatic heterocycles. The van der Waals surface area contributed by atoms with Crippen LogP contribution in [0.25, 0.3) is 0 Å². The number of rotatable bonds is 4. The summed E-state index contributed by atoms with van der Waals surface area (Å²) in [5.74, 6) is 0.294. The highest BCUT2D eigenvalue weighted by Gasteiger charge is 2.26. The number of aryl methyl sites for hydroxylation is 1. The highest BCUT2D eigenvalue weighted by molar-refractivity contribution is 5.96. The van der Waals surface area contributed by atoms with Crippen molar-refractivity contribution in [3.8, 4) is 11.5 Å².